The van der Waals surface area contributed by atoms with Crippen LogP contribution in [0.4, 0.5) is 0 Å². The first-order chi connectivity index (χ1) is 13.8. The molecule has 0 aliphatic carbocycles. The summed E-state index contributed by atoms with van der Waals surface area (Å²) < 4.78 is 10.8. The maximum atomic E-state index is 11.0. The second kappa shape index (κ2) is 8.97. The van der Waals surface area contributed by atoms with Crippen LogP contribution in [0.25, 0.3) is 0 Å². The average molecular weight is 425 g/mol. The second-order valence-electron chi connectivity index (χ2n) is 7.02. The molecule has 0 spiro atoms. The fraction of sp³-hybridized carbons (Fsp3) is 0.429. The van der Waals surface area contributed by atoms with E-state index in [0.29, 0.717) is 23.6 Å². The van der Waals surface area contributed by atoms with E-state index in [1.807, 2.05) is 31.2 Å². The highest BCUT2D eigenvalue weighted by Gasteiger charge is 2.53. The van der Waals surface area contributed by atoms with Gasteiger partial charge in [-0.05, 0) is 48.7 Å². The monoisotopic (exact) mass is 424 g/mol. The van der Waals surface area contributed by atoms with Gasteiger partial charge in [0.25, 0.3) is 0 Å². The summed E-state index contributed by atoms with van der Waals surface area (Å²) in [6.07, 6.45) is -5.87. The predicted molar refractivity (Wildman–Crippen MR) is 106 cm³/mol. The number of hydrogen-bond donors (Lipinski definition) is 5. The molecule has 8 heteroatoms. The van der Waals surface area contributed by atoms with Gasteiger partial charge >= 0.3 is 0 Å². The summed E-state index contributed by atoms with van der Waals surface area (Å²) in [6.45, 7) is 1.84. The summed E-state index contributed by atoms with van der Waals surface area (Å²) in [5.41, 5.74) is 1.77. The Morgan fingerprint density at radius 2 is 1.76 bits per heavy atom. The first-order valence-corrected chi connectivity index (χ1v) is 9.73. The SMILES string of the molecule is CCOc1ccc(Cc2cc([C@]3(O)OC(CO)[C@@H](O)[C@H](O)[C@H]3O)ccc2Cl)cc1. The lowest BCUT2D eigenvalue weighted by atomic mass is 9.87. The van der Waals surface area contributed by atoms with Gasteiger partial charge in [-0.3, -0.25) is 0 Å². The molecule has 1 unspecified atom stereocenters. The number of halogens is 1. The molecule has 1 heterocycles. The standard InChI is InChI=1S/C21H25ClO7/c1-2-28-15-6-3-12(4-7-15)9-13-10-14(5-8-16(13)22)21(27)20(26)19(25)18(24)17(11-23)29-21/h3-8,10,17-20,23-27H,2,9,11H2,1H3/t17?,18-,19+,20-,21+/m1/s1. The summed E-state index contributed by atoms with van der Waals surface area (Å²) in [5.74, 6) is -1.56. The molecule has 29 heavy (non-hydrogen) atoms. The van der Waals surface area contributed by atoms with Crippen molar-refractivity contribution in [1.82, 2.24) is 0 Å². The average Bonchev–Trinajstić information content (AvgIpc) is 2.72. The van der Waals surface area contributed by atoms with Gasteiger partial charge in [0.15, 0.2) is 0 Å². The van der Waals surface area contributed by atoms with Crippen molar-refractivity contribution in [2.24, 2.45) is 0 Å². The number of benzene rings is 2. The van der Waals surface area contributed by atoms with Gasteiger partial charge in [-0.25, -0.2) is 0 Å². The van der Waals surface area contributed by atoms with Crippen molar-refractivity contribution in [2.45, 2.75) is 43.5 Å². The Hall–Kier alpha value is -1.71. The number of rotatable bonds is 6. The van der Waals surface area contributed by atoms with Gasteiger partial charge in [0, 0.05) is 10.6 Å². The first-order valence-electron chi connectivity index (χ1n) is 9.36. The lowest BCUT2D eigenvalue weighted by Gasteiger charge is -2.45. The quantitative estimate of drug-likeness (QED) is 0.468. The number of aliphatic hydroxyl groups is 5. The fourth-order valence-corrected chi connectivity index (χ4v) is 3.60. The van der Waals surface area contributed by atoms with Crippen LogP contribution < -0.4 is 4.74 Å². The highest BCUT2D eigenvalue weighted by molar-refractivity contribution is 6.31. The van der Waals surface area contributed by atoms with E-state index >= 15 is 0 Å². The highest BCUT2D eigenvalue weighted by atomic mass is 35.5. The van der Waals surface area contributed by atoms with E-state index in [-0.39, 0.29) is 5.56 Å². The van der Waals surface area contributed by atoms with E-state index in [1.165, 1.54) is 6.07 Å². The normalized spacial score (nSPS) is 29.6. The molecule has 0 amide bonds. The van der Waals surface area contributed by atoms with Crippen LogP contribution in [0, 0.1) is 0 Å². The summed E-state index contributed by atoms with van der Waals surface area (Å²) >= 11 is 6.32. The van der Waals surface area contributed by atoms with Crippen molar-refractivity contribution in [1.29, 1.82) is 0 Å². The molecule has 2 aromatic carbocycles. The molecule has 1 aliphatic rings. The molecular formula is C21H25ClO7. The predicted octanol–water partition coefficient (Wildman–Crippen LogP) is 0.948. The topological polar surface area (TPSA) is 120 Å². The Bertz CT molecular complexity index is 826. The van der Waals surface area contributed by atoms with Gasteiger partial charge in [-0.15, -0.1) is 0 Å². The largest absolute Gasteiger partial charge is 0.494 e. The van der Waals surface area contributed by atoms with Crippen LogP contribution in [0.2, 0.25) is 5.02 Å². The van der Waals surface area contributed by atoms with Crippen LogP contribution in [-0.4, -0.2) is 63.2 Å². The highest BCUT2D eigenvalue weighted by Crippen LogP contribution is 2.37. The summed E-state index contributed by atoms with van der Waals surface area (Å²) in [6, 6.07) is 12.1. The molecule has 0 bridgehead atoms. The van der Waals surface area contributed by atoms with Gasteiger partial charge in [0.1, 0.15) is 30.2 Å². The van der Waals surface area contributed by atoms with E-state index in [2.05, 4.69) is 0 Å². The molecule has 158 valence electrons. The number of aliphatic hydroxyl groups excluding tert-OH is 4. The number of hydrogen-bond acceptors (Lipinski definition) is 7. The van der Waals surface area contributed by atoms with Crippen LogP contribution in [0.1, 0.15) is 23.6 Å². The van der Waals surface area contributed by atoms with Gasteiger partial charge in [-0.1, -0.05) is 29.8 Å². The van der Waals surface area contributed by atoms with Gasteiger partial charge in [-0.2, -0.15) is 0 Å². The van der Waals surface area contributed by atoms with Gasteiger partial charge < -0.3 is 35.0 Å². The molecule has 1 saturated heterocycles. The van der Waals surface area contributed by atoms with E-state index in [4.69, 9.17) is 21.1 Å². The van der Waals surface area contributed by atoms with E-state index < -0.39 is 36.8 Å². The van der Waals surface area contributed by atoms with E-state index in [0.717, 1.165) is 11.3 Å². The first kappa shape index (κ1) is 22.0. The summed E-state index contributed by atoms with van der Waals surface area (Å²) in [5, 5.41) is 51.1. The van der Waals surface area contributed by atoms with Crippen molar-refractivity contribution < 1.29 is 35.0 Å². The van der Waals surface area contributed by atoms with E-state index in [9.17, 15) is 25.5 Å². The molecule has 0 aromatic heterocycles. The lowest BCUT2D eigenvalue weighted by Crippen LogP contribution is -2.63. The minimum absolute atomic E-state index is 0.153. The lowest BCUT2D eigenvalue weighted by molar-refractivity contribution is -0.357. The van der Waals surface area contributed by atoms with Crippen LogP contribution in [-0.2, 0) is 16.9 Å². The zero-order valence-corrected chi connectivity index (χ0v) is 16.7. The van der Waals surface area contributed by atoms with Crippen LogP contribution in [0.15, 0.2) is 42.5 Å². The molecule has 0 saturated carbocycles. The third kappa shape index (κ3) is 4.41. The van der Waals surface area contributed by atoms with Gasteiger partial charge in [0.05, 0.1) is 13.2 Å². The Kier molecular flexibility index (Phi) is 6.80. The van der Waals surface area contributed by atoms with Crippen molar-refractivity contribution in [3.8, 4) is 5.75 Å². The minimum Gasteiger partial charge on any atom is -0.494 e. The zero-order valence-electron chi connectivity index (χ0n) is 15.9. The molecular weight excluding hydrogens is 400 g/mol. The molecule has 1 aliphatic heterocycles. The second-order valence-corrected chi connectivity index (χ2v) is 7.43. The molecule has 5 atom stereocenters. The Morgan fingerprint density at radius 3 is 2.38 bits per heavy atom. The molecule has 1 fully saturated rings. The molecule has 3 rings (SSSR count). The third-order valence-corrected chi connectivity index (χ3v) is 5.42. The summed E-state index contributed by atoms with van der Waals surface area (Å²) in [4.78, 5) is 0. The maximum absolute atomic E-state index is 11.0. The Morgan fingerprint density at radius 1 is 1.07 bits per heavy atom. The smallest absolute Gasteiger partial charge is 0.222 e. The van der Waals surface area contributed by atoms with Crippen LogP contribution >= 0.6 is 11.6 Å². The zero-order chi connectivity index (χ0) is 21.2. The third-order valence-electron chi connectivity index (χ3n) is 5.05. The molecule has 0 radical (unpaired) electrons. The maximum Gasteiger partial charge on any atom is 0.222 e. The molecule has 7 nitrogen and oxygen atoms in total. The Balaban J connectivity index is 1.89. The van der Waals surface area contributed by atoms with Crippen LogP contribution in [0.5, 0.6) is 5.75 Å². The number of ether oxygens (including phenoxy) is 2. The van der Waals surface area contributed by atoms with Crippen molar-refractivity contribution in [2.75, 3.05) is 13.2 Å². The molecule has 5 N–H and O–H groups in total. The fourth-order valence-electron chi connectivity index (χ4n) is 3.42. The summed E-state index contributed by atoms with van der Waals surface area (Å²) in [7, 11) is 0. The van der Waals surface area contributed by atoms with Crippen molar-refractivity contribution in [3.63, 3.8) is 0 Å². The Labute approximate surface area is 173 Å². The van der Waals surface area contributed by atoms with Gasteiger partial charge in [0.2, 0.25) is 5.79 Å². The van der Waals surface area contributed by atoms with Crippen molar-refractivity contribution in [3.05, 3.63) is 64.2 Å². The van der Waals surface area contributed by atoms with E-state index in [1.54, 1.807) is 12.1 Å². The molecule has 2 aromatic rings. The minimum atomic E-state index is -2.32. The van der Waals surface area contributed by atoms with Crippen molar-refractivity contribution >= 4 is 11.6 Å². The van der Waals surface area contributed by atoms with Crippen LogP contribution in [0.3, 0.4) is 0 Å².